The SMILES string of the molecule is CCCCNC(=O)c1cncc(C(=O)Nc2ccc(C)c(Br)c2)c1. The molecule has 2 rings (SSSR count). The van der Waals surface area contributed by atoms with Crippen molar-refractivity contribution in [2.75, 3.05) is 11.9 Å². The number of carbonyl (C=O) groups excluding carboxylic acids is 2. The van der Waals surface area contributed by atoms with Gasteiger partial charge in [0.15, 0.2) is 0 Å². The highest BCUT2D eigenvalue weighted by atomic mass is 79.9. The first-order chi connectivity index (χ1) is 11.5. The minimum Gasteiger partial charge on any atom is -0.352 e. The number of anilines is 1. The van der Waals surface area contributed by atoms with Crippen LogP contribution in [-0.2, 0) is 0 Å². The summed E-state index contributed by atoms with van der Waals surface area (Å²) in [7, 11) is 0. The third-order valence-corrected chi connectivity index (χ3v) is 4.36. The number of halogens is 1. The van der Waals surface area contributed by atoms with Crippen LogP contribution in [0.5, 0.6) is 0 Å². The van der Waals surface area contributed by atoms with E-state index in [1.165, 1.54) is 12.4 Å². The van der Waals surface area contributed by atoms with E-state index in [4.69, 9.17) is 0 Å². The Morgan fingerprint density at radius 2 is 1.83 bits per heavy atom. The lowest BCUT2D eigenvalue weighted by Crippen LogP contribution is -2.25. The molecule has 0 radical (unpaired) electrons. The van der Waals surface area contributed by atoms with Crippen LogP contribution < -0.4 is 10.6 Å². The number of aryl methyl sites for hydroxylation is 1. The Kier molecular flexibility index (Phi) is 6.49. The fourth-order valence-electron chi connectivity index (χ4n) is 2.04. The number of benzene rings is 1. The van der Waals surface area contributed by atoms with E-state index in [0.29, 0.717) is 23.4 Å². The summed E-state index contributed by atoms with van der Waals surface area (Å²) >= 11 is 3.44. The summed E-state index contributed by atoms with van der Waals surface area (Å²) < 4.78 is 0.919. The molecule has 126 valence electrons. The van der Waals surface area contributed by atoms with E-state index in [9.17, 15) is 9.59 Å². The van der Waals surface area contributed by atoms with Crippen molar-refractivity contribution in [3.63, 3.8) is 0 Å². The molecule has 0 saturated heterocycles. The lowest BCUT2D eigenvalue weighted by atomic mass is 10.1. The number of unbranched alkanes of at least 4 members (excludes halogenated alkanes) is 1. The van der Waals surface area contributed by atoms with Gasteiger partial charge in [-0.3, -0.25) is 14.6 Å². The van der Waals surface area contributed by atoms with Crippen molar-refractivity contribution in [2.24, 2.45) is 0 Å². The zero-order chi connectivity index (χ0) is 17.5. The zero-order valence-electron chi connectivity index (χ0n) is 13.7. The molecule has 0 bridgehead atoms. The van der Waals surface area contributed by atoms with Crippen molar-refractivity contribution >= 4 is 33.4 Å². The predicted molar refractivity (Wildman–Crippen MR) is 98.3 cm³/mol. The van der Waals surface area contributed by atoms with Gasteiger partial charge < -0.3 is 10.6 Å². The van der Waals surface area contributed by atoms with E-state index >= 15 is 0 Å². The number of nitrogens with one attached hydrogen (secondary N) is 2. The molecule has 0 aliphatic heterocycles. The standard InChI is InChI=1S/C18H20BrN3O2/c1-3-4-7-21-17(23)13-8-14(11-20-10-13)18(24)22-15-6-5-12(2)16(19)9-15/h5-6,8-11H,3-4,7H2,1-2H3,(H,21,23)(H,22,24). The maximum Gasteiger partial charge on any atom is 0.257 e. The Hall–Kier alpha value is -2.21. The minimum atomic E-state index is -0.304. The van der Waals surface area contributed by atoms with Crippen LogP contribution in [0.25, 0.3) is 0 Å². The lowest BCUT2D eigenvalue weighted by molar-refractivity contribution is 0.0953. The average Bonchev–Trinajstić information content (AvgIpc) is 2.58. The lowest BCUT2D eigenvalue weighted by Gasteiger charge is -2.08. The van der Waals surface area contributed by atoms with Crippen LogP contribution in [0.3, 0.4) is 0 Å². The van der Waals surface area contributed by atoms with Gasteiger partial charge in [0, 0.05) is 29.1 Å². The summed E-state index contributed by atoms with van der Waals surface area (Å²) in [5, 5.41) is 5.62. The maximum absolute atomic E-state index is 12.3. The average molecular weight is 390 g/mol. The summed E-state index contributed by atoms with van der Waals surface area (Å²) in [6.07, 6.45) is 4.83. The highest BCUT2D eigenvalue weighted by Crippen LogP contribution is 2.21. The Labute approximate surface area is 150 Å². The van der Waals surface area contributed by atoms with Crippen LogP contribution in [0.4, 0.5) is 5.69 Å². The van der Waals surface area contributed by atoms with Crippen LogP contribution in [0.2, 0.25) is 0 Å². The highest BCUT2D eigenvalue weighted by Gasteiger charge is 2.11. The second-order valence-electron chi connectivity index (χ2n) is 5.49. The number of pyridine rings is 1. The molecule has 2 aromatic rings. The summed E-state index contributed by atoms with van der Waals surface area (Å²) in [6.45, 7) is 4.64. The van der Waals surface area contributed by atoms with Crippen molar-refractivity contribution < 1.29 is 9.59 Å². The van der Waals surface area contributed by atoms with Crippen molar-refractivity contribution in [3.05, 3.63) is 57.8 Å². The first-order valence-corrected chi connectivity index (χ1v) is 8.61. The van der Waals surface area contributed by atoms with Gasteiger partial charge in [-0.2, -0.15) is 0 Å². The second kappa shape index (κ2) is 8.59. The van der Waals surface area contributed by atoms with Crippen LogP contribution in [-0.4, -0.2) is 23.3 Å². The number of rotatable bonds is 6. The van der Waals surface area contributed by atoms with Crippen LogP contribution in [0.1, 0.15) is 46.0 Å². The Bertz CT molecular complexity index is 747. The quantitative estimate of drug-likeness (QED) is 0.735. The third-order valence-electron chi connectivity index (χ3n) is 3.51. The Morgan fingerprint density at radius 3 is 2.50 bits per heavy atom. The molecule has 6 heteroatoms. The van der Waals surface area contributed by atoms with E-state index in [1.54, 1.807) is 6.07 Å². The zero-order valence-corrected chi connectivity index (χ0v) is 15.3. The summed E-state index contributed by atoms with van der Waals surface area (Å²) in [5.74, 6) is -0.523. The molecule has 2 amide bonds. The van der Waals surface area contributed by atoms with Crippen LogP contribution in [0, 0.1) is 6.92 Å². The Balaban J connectivity index is 2.08. The summed E-state index contributed by atoms with van der Waals surface area (Å²) in [4.78, 5) is 28.4. The fourth-order valence-corrected chi connectivity index (χ4v) is 2.42. The predicted octanol–water partition coefficient (Wildman–Crippen LogP) is 3.93. The van der Waals surface area contributed by atoms with E-state index < -0.39 is 0 Å². The first-order valence-electron chi connectivity index (χ1n) is 7.82. The van der Waals surface area contributed by atoms with Gasteiger partial charge in [0.05, 0.1) is 11.1 Å². The highest BCUT2D eigenvalue weighted by molar-refractivity contribution is 9.10. The van der Waals surface area contributed by atoms with E-state index in [0.717, 1.165) is 22.9 Å². The summed E-state index contributed by atoms with van der Waals surface area (Å²) in [5.41, 5.74) is 2.48. The second-order valence-corrected chi connectivity index (χ2v) is 6.34. The number of aromatic nitrogens is 1. The van der Waals surface area contributed by atoms with E-state index in [-0.39, 0.29) is 11.8 Å². The monoisotopic (exact) mass is 389 g/mol. The summed E-state index contributed by atoms with van der Waals surface area (Å²) in [6, 6.07) is 7.12. The molecule has 0 aliphatic carbocycles. The number of hydrogen-bond acceptors (Lipinski definition) is 3. The number of hydrogen-bond donors (Lipinski definition) is 2. The van der Waals surface area contributed by atoms with Crippen LogP contribution in [0.15, 0.2) is 41.1 Å². The Morgan fingerprint density at radius 1 is 1.12 bits per heavy atom. The normalized spacial score (nSPS) is 10.3. The van der Waals surface area contributed by atoms with E-state index in [1.807, 2.05) is 25.1 Å². The molecule has 24 heavy (non-hydrogen) atoms. The number of amides is 2. The number of carbonyl (C=O) groups is 2. The molecule has 0 atom stereocenters. The molecule has 1 aromatic carbocycles. The number of nitrogens with zero attached hydrogens (tertiary/aromatic N) is 1. The third kappa shape index (κ3) is 4.89. The molecule has 0 unspecified atom stereocenters. The maximum atomic E-state index is 12.3. The van der Waals surface area contributed by atoms with Crippen molar-refractivity contribution in [1.82, 2.24) is 10.3 Å². The van der Waals surface area contributed by atoms with Gasteiger partial charge in [0.25, 0.3) is 11.8 Å². The molecule has 0 fully saturated rings. The molecule has 0 aliphatic rings. The molecular weight excluding hydrogens is 370 g/mol. The molecule has 0 saturated carbocycles. The molecule has 2 N–H and O–H groups in total. The van der Waals surface area contributed by atoms with Gasteiger partial charge in [0.2, 0.25) is 0 Å². The molecule has 5 nitrogen and oxygen atoms in total. The van der Waals surface area contributed by atoms with Gasteiger partial charge >= 0.3 is 0 Å². The molecule has 1 heterocycles. The van der Waals surface area contributed by atoms with Gasteiger partial charge in [-0.1, -0.05) is 35.3 Å². The van der Waals surface area contributed by atoms with Gasteiger partial charge in [-0.25, -0.2) is 0 Å². The largest absolute Gasteiger partial charge is 0.352 e. The van der Waals surface area contributed by atoms with Crippen molar-refractivity contribution in [3.8, 4) is 0 Å². The van der Waals surface area contributed by atoms with Gasteiger partial charge in [-0.05, 0) is 37.1 Å². The van der Waals surface area contributed by atoms with Crippen LogP contribution >= 0.6 is 15.9 Å². The smallest absolute Gasteiger partial charge is 0.257 e. The van der Waals surface area contributed by atoms with Gasteiger partial charge in [-0.15, -0.1) is 0 Å². The fraction of sp³-hybridized carbons (Fsp3) is 0.278. The minimum absolute atomic E-state index is 0.219. The molecular formula is C18H20BrN3O2. The van der Waals surface area contributed by atoms with Crippen molar-refractivity contribution in [2.45, 2.75) is 26.7 Å². The molecule has 1 aromatic heterocycles. The van der Waals surface area contributed by atoms with E-state index in [2.05, 4.69) is 38.5 Å². The van der Waals surface area contributed by atoms with Crippen molar-refractivity contribution in [1.29, 1.82) is 0 Å². The topological polar surface area (TPSA) is 71.1 Å². The van der Waals surface area contributed by atoms with Gasteiger partial charge in [0.1, 0.15) is 0 Å². The molecule has 0 spiro atoms. The first kappa shape index (κ1) is 18.1.